The van der Waals surface area contributed by atoms with Crippen LogP contribution in [0.25, 0.3) is 0 Å². The third-order valence-electron chi connectivity index (χ3n) is 3.83. The molecule has 5 nitrogen and oxygen atoms in total. The zero-order valence-electron chi connectivity index (χ0n) is 15.4. The van der Waals surface area contributed by atoms with Crippen molar-refractivity contribution in [2.24, 2.45) is 0 Å². The molecule has 6 heteroatoms. The number of benzene rings is 1. The molecule has 0 aromatic heterocycles. The van der Waals surface area contributed by atoms with Crippen molar-refractivity contribution in [1.29, 1.82) is 0 Å². The Kier molecular flexibility index (Phi) is 6.80. The van der Waals surface area contributed by atoms with Crippen LogP contribution in [0.2, 0.25) is 0 Å². The smallest absolute Gasteiger partial charge is 0.317 e. The zero-order valence-corrected chi connectivity index (χ0v) is 16.4. The van der Waals surface area contributed by atoms with Gasteiger partial charge in [0.25, 0.3) is 0 Å². The molecule has 0 amide bonds. The molecule has 0 saturated heterocycles. The van der Waals surface area contributed by atoms with Gasteiger partial charge in [0.15, 0.2) is 5.78 Å². The van der Waals surface area contributed by atoms with E-state index in [1.165, 1.54) is 0 Å². The van der Waals surface area contributed by atoms with Crippen molar-refractivity contribution in [1.82, 2.24) is 0 Å². The highest BCUT2D eigenvalue weighted by atomic mass is 31.1. The first-order valence-corrected chi connectivity index (χ1v) is 9.33. The third-order valence-corrected chi connectivity index (χ3v) is 4.23. The van der Waals surface area contributed by atoms with E-state index in [0.717, 1.165) is 16.7 Å². The average Bonchev–Trinajstić information content (AvgIpc) is 2.41. The van der Waals surface area contributed by atoms with E-state index in [-0.39, 0.29) is 29.6 Å². The van der Waals surface area contributed by atoms with E-state index < -0.39 is 8.25 Å². The van der Waals surface area contributed by atoms with Gasteiger partial charge in [-0.15, -0.1) is 0 Å². The van der Waals surface area contributed by atoms with E-state index in [4.69, 9.17) is 4.89 Å². The number of aromatic hydroxyl groups is 1. The van der Waals surface area contributed by atoms with E-state index in [2.05, 4.69) is 4.52 Å². The molecule has 0 saturated carbocycles. The maximum atomic E-state index is 11.7. The molecule has 2 N–H and O–H groups in total. The van der Waals surface area contributed by atoms with Crippen LogP contribution in [0, 0.1) is 0 Å². The topological polar surface area (TPSA) is 83.8 Å². The third kappa shape index (κ3) is 6.04. The molecule has 1 rings (SSSR count). The van der Waals surface area contributed by atoms with E-state index in [0.29, 0.717) is 12.2 Å². The van der Waals surface area contributed by atoms with Crippen LogP contribution in [0.4, 0.5) is 0 Å². The summed E-state index contributed by atoms with van der Waals surface area (Å²) in [7, 11) is -3.07. The van der Waals surface area contributed by atoms with Crippen molar-refractivity contribution in [3.05, 3.63) is 28.8 Å². The Morgan fingerprint density at radius 1 is 1.08 bits per heavy atom. The number of carbonyl (C=O) groups is 1. The van der Waals surface area contributed by atoms with Crippen LogP contribution >= 0.6 is 8.25 Å². The molecule has 1 unspecified atom stereocenters. The molecule has 0 aliphatic rings. The van der Waals surface area contributed by atoms with Gasteiger partial charge in [0, 0.05) is 6.42 Å². The molecule has 0 heterocycles. The van der Waals surface area contributed by atoms with Gasteiger partial charge in [-0.1, -0.05) is 53.7 Å². The van der Waals surface area contributed by atoms with Gasteiger partial charge in [-0.2, -0.15) is 0 Å². The molecule has 0 spiro atoms. The van der Waals surface area contributed by atoms with Crippen LogP contribution in [-0.4, -0.2) is 22.4 Å². The average molecular weight is 356 g/mol. The van der Waals surface area contributed by atoms with Gasteiger partial charge in [-0.3, -0.25) is 9.36 Å². The van der Waals surface area contributed by atoms with E-state index in [9.17, 15) is 14.5 Å². The number of hydrogen-bond donors (Lipinski definition) is 2. The summed E-state index contributed by atoms with van der Waals surface area (Å²) in [5.41, 5.74) is 2.24. The van der Waals surface area contributed by atoms with Gasteiger partial charge >= 0.3 is 8.25 Å². The highest BCUT2D eigenvalue weighted by molar-refractivity contribution is 7.32. The van der Waals surface area contributed by atoms with E-state index in [1.807, 2.05) is 53.7 Å². The number of rotatable bonds is 6. The van der Waals surface area contributed by atoms with Gasteiger partial charge in [-0.25, -0.2) is 0 Å². The lowest BCUT2D eigenvalue weighted by atomic mass is 9.78. The summed E-state index contributed by atoms with van der Waals surface area (Å²) in [6, 6.07) is 3.88. The van der Waals surface area contributed by atoms with Crippen molar-refractivity contribution in [3.63, 3.8) is 0 Å². The summed E-state index contributed by atoms with van der Waals surface area (Å²) in [6.45, 7) is 11.9. The van der Waals surface area contributed by atoms with Crippen molar-refractivity contribution in [2.45, 2.75) is 65.2 Å². The van der Waals surface area contributed by atoms with Gasteiger partial charge < -0.3 is 14.5 Å². The highest BCUT2D eigenvalue weighted by Gasteiger charge is 2.26. The second-order valence-electron chi connectivity index (χ2n) is 8.13. The minimum Gasteiger partial charge on any atom is -0.507 e. The predicted molar refractivity (Wildman–Crippen MR) is 96.0 cm³/mol. The fourth-order valence-electron chi connectivity index (χ4n) is 2.48. The second kappa shape index (κ2) is 7.81. The molecular weight excluding hydrogens is 327 g/mol. The lowest BCUT2D eigenvalue weighted by Gasteiger charge is -2.28. The first-order chi connectivity index (χ1) is 10.8. The minimum absolute atomic E-state index is 0.218. The Labute approximate surface area is 145 Å². The molecule has 1 aromatic rings. The number of phenolic OH excluding ortho intramolecular Hbond substituents is 1. The Morgan fingerprint density at radius 2 is 1.54 bits per heavy atom. The van der Waals surface area contributed by atoms with Crippen LogP contribution in [0.15, 0.2) is 12.1 Å². The van der Waals surface area contributed by atoms with Gasteiger partial charge in [0.2, 0.25) is 0 Å². The van der Waals surface area contributed by atoms with Crippen LogP contribution in [0.1, 0.15) is 64.7 Å². The molecule has 136 valence electrons. The van der Waals surface area contributed by atoms with Gasteiger partial charge in [-0.05, 0) is 33.9 Å². The molecule has 0 radical (unpaired) electrons. The molecular formula is C18H29O5P. The molecule has 0 fully saturated rings. The maximum Gasteiger partial charge on any atom is 0.317 e. The first-order valence-electron chi connectivity index (χ1n) is 8.06. The largest absolute Gasteiger partial charge is 0.507 e. The SMILES string of the molecule is CC(C)(C)c1cc(CCC(=O)CO[PH](=O)O)cc(C(C)(C)C)c1O. The van der Waals surface area contributed by atoms with E-state index in [1.54, 1.807) is 0 Å². The standard InChI is InChI=1S/C18H29O5P/c1-17(2,3)14-9-12(7-8-13(19)11-23-24(21)22)10-15(16(14)20)18(4,5)6/h9-10,20,24H,7-8,11H2,1-6H3,(H,21,22). The zero-order chi connectivity index (χ0) is 18.7. The summed E-state index contributed by atoms with van der Waals surface area (Å²) < 4.78 is 15.0. The second-order valence-corrected chi connectivity index (χ2v) is 8.95. The summed E-state index contributed by atoms with van der Waals surface area (Å²) >= 11 is 0. The normalized spacial score (nSPS) is 13.8. The first kappa shape index (κ1) is 20.9. The number of Topliss-reactive ketones (excluding diaryl/α,β-unsaturated/α-hetero) is 1. The molecule has 1 atom stereocenters. The summed E-state index contributed by atoms with van der Waals surface area (Å²) in [6.07, 6.45) is 0.730. The summed E-state index contributed by atoms with van der Waals surface area (Å²) in [5, 5.41) is 10.7. The highest BCUT2D eigenvalue weighted by Crippen LogP contribution is 2.39. The van der Waals surface area contributed by atoms with Crippen molar-refractivity contribution in [2.75, 3.05) is 6.61 Å². The molecule has 1 aromatic carbocycles. The number of carbonyl (C=O) groups excluding carboxylic acids is 1. The lowest BCUT2D eigenvalue weighted by Crippen LogP contribution is -2.18. The van der Waals surface area contributed by atoms with Crippen LogP contribution < -0.4 is 0 Å². The fraction of sp³-hybridized carbons (Fsp3) is 0.611. The molecule has 0 aliphatic heterocycles. The minimum atomic E-state index is -3.07. The lowest BCUT2D eigenvalue weighted by molar-refractivity contribution is -0.121. The number of aryl methyl sites for hydroxylation is 1. The summed E-state index contributed by atoms with van der Waals surface area (Å²) in [5.74, 6) is 0.0948. The van der Waals surface area contributed by atoms with Crippen LogP contribution in [0.5, 0.6) is 5.75 Å². The van der Waals surface area contributed by atoms with Crippen molar-refractivity contribution < 1.29 is 23.9 Å². The fourth-order valence-corrected chi connectivity index (χ4v) is 2.76. The quantitative estimate of drug-likeness (QED) is 0.756. The molecule has 0 bridgehead atoms. The van der Waals surface area contributed by atoms with Crippen LogP contribution in [0.3, 0.4) is 0 Å². The molecule has 0 aliphatic carbocycles. The van der Waals surface area contributed by atoms with Crippen molar-refractivity contribution >= 4 is 14.0 Å². The molecule has 24 heavy (non-hydrogen) atoms. The Hall–Kier alpha value is -1.16. The predicted octanol–water partition coefficient (Wildman–Crippen LogP) is 3.89. The Balaban J connectivity index is 3.07. The number of phenols is 1. The van der Waals surface area contributed by atoms with Crippen molar-refractivity contribution in [3.8, 4) is 5.75 Å². The maximum absolute atomic E-state index is 11.7. The monoisotopic (exact) mass is 356 g/mol. The number of ketones is 1. The Morgan fingerprint density at radius 3 is 1.92 bits per heavy atom. The summed E-state index contributed by atoms with van der Waals surface area (Å²) in [4.78, 5) is 20.4. The Bertz CT molecular complexity index is 588. The van der Waals surface area contributed by atoms with Gasteiger partial charge in [0.1, 0.15) is 12.4 Å². The van der Waals surface area contributed by atoms with E-state index >= 15 is 0 Å². The number of hydrogen-bond acceptors (Lipinski definition) is 4. The van der Waals surface area contributed by atoms with Gasteiger partial charge in [0.05, 0.1) is 0 Å². The van der Waals surface area contributed by atoms with Crippen LogP contribution in [-0.2, 0) is 31.1 Å².